The van der Waals surface area contributed by atoms with Crippen molar-refractivity contribution >= 4 is 11.6 Å². The number of rotatable bonds is 6. The van der Waals surface area contributed by atoms with Crippen LogP contribution in [0.25, 0.3) is 0 Å². The predicted octanol–water partition coefficient (Wildman–Crippen LogP) is 2.34. The zero-order valence-electron chi connectivity index (χ0n) is 8.78. The second kappa shape index (κ2) is 4.94. The van der Waals surface area contributed by atoms with Crippen molar-refractivity contribution in [3.8, 4) is 0 Å². The van der Waals surface area contributed by atoms with Crippen molar-refractivity contribution in [3.63, 3.8) is 0 Å². The smallest absolute Gasteiger partial charge is 0.227 e. The van der Waals surface area contributed by atoms with Gasteiger partial charge in [-0.25, -0.2) is 0 Å². The van der Waals surface area contributed by atoms with Gasteiger partial charge < -0.3 is 9.26 Å². The Morgan fingerprint density at radius 1 is 1.60 bits per heavy atom. The normalized spacial score (nSPS) is 18.0. The third kappa shape index (κ3) is 2.69. The van der Waals surface area contributed by atoms with Crippen LogP contribution in [-0.2, 0) is 11.2 Å². The molecule has 0 N–H and O–H groups in total. The summed E-state index contributed by atoms with van der Waals surface area (Å²) in [6.45, 7) is 2.66. The number of nitrogens with zero attached hydrogens (tertiary/aromatic N) is 2. The molecule has 15 heavy (non-hydrogen) atoms. The highest BCUT2D eigenvalue weighted by atomic mass is 35.5. The molecule has 1 aliphatic carbocycles. The minimum atomic E-state index is 0.0165. The lowest BCUT2D eigenvalue weighted by Crippen LogP contribution is -2.08. The molecular formula is C10H15ClN2O2. The van der Waals surface area contributed by atoms with Crippen LogP contribution in [0.4, 0.5) is 0 Å². The van der Waals surface area contributed by atoms with Crippen LogP contribution < -0.4 is 0 Å². The van der Waals surface area contributed by atoms with E-state index in [0.717, 1.165) is 0 Å². The molecule has 0 saturated heterocycles. The minimum absolute atomic E-state index is 0.0165. The number of aromatic nitrogens is 2. The van der Waals surface area contributed by atoms with Crippen LogP contribution in [0.2, 0.25) is 0 Å². The Morgan fingerprint density at radius 3 is 3.00 bits per heavy atom. The van der Waals surface area contributed by atoms with Crippen molar-refractivity contribution in [2.24, 2.45) is 5.92 Å². The Balaban J connectivity index is 2.04. The van der Waals surface area contributed by atoms with E-state index in [2.05, 4.69) is 10.1 Å². The lowest BCUT2D eigenvalue weighted by molar-refractivity contribution is 0.0384. The third-order valence-corrected chi connectivity index (χ3v) is 2.63. The second-order valence-corrected chi connectivity index (χ2v) is 4.08. The number of hydrogen-bond acceptors (Lipinski definition) is 4. The highest BCUT2D eigenvalue weighted by Crippen LogP contribution is 2.42. The van der Waals surface area contributed by atoms with Gasteiger partial charge in [-0.1, -0.05) is 5.16 Å². The van der Waals surface area contributed by atoms with Crippen molar-refractivity contribution in [3.05, 3.63) is 11.7 Å². The van der Waals surface area contributed by atoms with Crippen molar-refractivity contribution < 1.29 is 9.26 Å². The van der Waals surface area contributed by atoms with Gasteiger partial charge in [0.15, 0.2) is 0 Å². The van der Waals surface area contributed by atoms with Crippen LogP contribution in [0.3, 0.4) is 0 Å². The summed E-state index contributed by atoms with van der Waals surface area (Å²) in [6.07, 6.45) is 3.04. The molecule has 1 aliphatic rings. The monoisotopic (exact) mass is 230 g/mol. The molecule has 2 rings (SSSR count). The van der Waals surface area contributed by atoms with Gasteiger partial charge in [0.25, 0.3) is 0 Å². The summed E-state index contributed by atoms with van der Waals surface area (Å²) in [6, 6.07) is 0. The molecule has 1 unspecified atom stereocenters. The Bertz CT molecular complexity index is 312. The van der Waals surface area contributed by atoms with Gasteiger partial charge in [-0.3, -0.25) is 0 Å². The average Bonchev–Trinajstić information content (AvgIpc) is 2.96. The van der Waals surface area contributed by atoms with Crippen LogP contribution in [0, 0.1) is 5.92 Å². The molecule has 0 bridgehead atoms. The molecule has 1 fully saturated rings. The van der Waals surface area contributed by atoms with Gasteiger partial charge in [-0.05, 0) is 25.7 Å². The minimum Gasteiger partial charge on any atom is -0.370 e. The molecule has 1 aromatic rings. The Morgan fingerprint density at radius 2 is 2.40 bits per heavy atom. The molecule has 1 heterocycles. The highest BCUT2D eigenvalue weighted by Gasteiger charge is 2.36. The van der Waals surface area contributed by atoms with E-state index in [-0.39, 0.29) is 6.10 Å². The van der Waals surface area contributed by atoms with Crippen molar-refractivity contribution in [1.82, 2.24) is 10.1 Å². The van der Waals surface area contributed by atoms with Crippen molar-refractivity contribution in [2.45, 2.75) is 32.3 Å². The van der Waals surface area contributed by atoms with E-state index in [1.807, 2.05) is 6.92 Å². The van der Waals surface area contributed by atoms with E-state index >= 15 is 0 Å². The molecular weight excluding hydrogens is 216 g/mol. The van der Waals surface area contributed by atoms with Crippen molar-refractivity contribution in [1.29, 1.82) is 0 Å². The summed E-state index contributed by atoms with van der Waals surface area (Å²) in [5, 5.41) is 3.95. The highest BCUT2D eigenvalue weighted by molar-refractivity contribution is 6.17. The molecule has 1 atom stereocenters. The number of hydrogen-bond donors (Lipinski definition) is 0. The van der Waals surface area contributed by atoms with E-state index in [0.29, 0.717) is 36.5 Å². The average molecular weight is 231 g/mol. The summed E-state index contributed by atoms with van der Waals surface area (Å²) in [5.41, 5.74) is 0. The van der Waals surface area contributed by atoms with E-state index in [9.17, 15) is 0 Å². The fourth-order valence-electron chi connectivity index (χ4n) is 1.57. The molecule has 1 saturated carbocycles. The van der Waals surface area contributed by atoms with Crippen LogP contribution >= 0.6 is 11.6 Å². The van der Waals surface area contributed by atoms with E-state index in [1.165, 1.54) is 12.8 Å². The summed E-state index contributed by atoms with van der Waals surface area (Å²) in [7, 11) is 0. The van der Waals surface area contributed by atoms with Crippen LogP contribution in [0.15, 0.2) is 4.52 Å². The quantitative estimate of drug-likeness (QED) is 0.704. The van der Waals surface area contributed by atoms with Gasteiger partial charge in [-0.15, -0.1) is 11.6 Å². The van der Waals surface area contributed by atoms with Gasteiger partial charge in [0.05, 0.1) is 0 Å². The molecule has 1 aromatic heterocycles. The van der Waals surface area contributed by atoms with Gasteiger partial charge >= 0.3 is 0 Å². The van der Waals surface area contributed by atoms with E-state index in [1.54, 1.807) is 0 Å². The predicted molar refractivity (Wildman–Crippen MR) is 55.8 cm³/mol. The summed E-state index contributed by atoms with van der Waals surface area (Å²) < 4.78 is 10.7. The molecule has 0 radical (unpaired) electrons. The number of aryl methyl sites for hydroxylation is 1. The molecule has 0 aliphatic heterocycles. The van der Waals surface area contributed by atoms with E-state index < -0.39 is 0 Å². The first kappa shape index (κ1) is 10.9. The number of ether oxygens (including phenoxy) is 1. The van der Waals surface area contributed by atoms with Crippen LogP contribution in [0.1, 0.15) is 37.6 Å². The zero-order chi connectivity index (χ0) is 10.7. The number of halogens is 1. The Labute approximate surface area is 93.9 Å². The first-order valence-electron chi connectivity index (χ1n) is 5.35. The molecule has 5 heteroatoms. The maximum Gasteiger partial charge on any atom is 0.227 e. The molecule has 84 valence electrons. The van der Waals surface area contributed by atoms with Crippen molar-refractivity contribution in [2.75, 3.05) is 12.5 Å². The Hall–Kier alpha value is -0.610. The zero-order valence-corrected chi connectivity index (χ0v) is 9.54. The first-order chi connectivity index (χ1) is 7.35. The number of alkyl halides is 1. The van der Waals surface area contributed by atoms with Gasteiger partial charge in [-0.2, -0.15) is 4.98 Å². The first-order valence-corrected chi connectivity index (χ1v) is 5.88. The second-order valence-electron chi connectivity index (χ2n) is 3.70. The Kier molecular flexibility index (Phi) is 3.59. The maximum atomic E-state index is 5.63. The summed E-state index contributed by atoms with van der Waals surface area (Å²) >= 11 is 5.60. The SMILES string of the molecule is CCOC(c1noc(CCCl)n1)C1CC1. The largest absolute Gasteiger partial charge is 0.370 e. The molecule has 0 spiro atoms. The summed E-state index contributed by atoms with van der Waals surface area (Å²) in [4.78, 5) is 4.29. The topological polar surface area (TPSA) is 48.2 Å². The van der Waals surface area contributed by atoms with E-state index in [4.69, 9.17) is 20.9 Å². The fourth-order valence-corrected chi connectivity index (χ4v) is 1.73. The fraction of sp³-hybridized carbons (Fsp3) is 0.800. The summed E-state index contributed by atoms with van der Waals surface area (Å²) in [5.74, 6) is 2.36. The lowest BCUT2D eigenvalue weighted by Gasteiger charge is -2.10. The lowest BCUT2D eigenvalue weighted by atomic mass is 10.2. The molecule has 4 nitrogen and oxygen atoms in total. The standard InChI is InChI=1S/C10H15ClN2O2/c1-2-14-9(7-3-4-7)10-12-8(5-6-11)15-13-10/h7,9H,2-6H2,1H3. The maximum absolute atomic E-state index is 5.63. The third-order valence-electron chi connectivity index (χ3n) is 2.44. The van der Waals surface area contributed by atoms with Gasteiger partial charge in [0.1, 0.15) is 6.10 Å². The van der Waals surface area contributed by atoms with Gasteiger partial charge in [0.2, 0.25) is 11.7 Å². The van der Waals surface area contributed by atoms with Crippen LogP contribution in [0.5, 0.6) is 0 Å². The molecule has 0 aromatic carbocycles. The molecule has 0 amide bonds. The van der Waals surface area contributed by atoms with Gasteiger partial charge in [0, 0.05) is 18.9 Å². The van der Waals surface area contributed by atoms with Crippen LogP contribution in [-0.4, -0.2) is 22.6 Å².